The van der Waals surface area contributed by atoms with E-state index in [1.54, 1.807) is 31.4 Å². The Morgan fingerprint density at radius 3 is 2.45 bits per heavy atom. The largest absolute Gasteiger partial charge is 0.497 e. The number of hydrogen-bond donors (Lipinski definition) is 1. The minimum Gasteiger partial charge on any atom is -0.497 e. The van der Waals surface area contributed by atoms with E-state index < -0.39 is 11.9 Å². The fourth-order valence-corrected chi connectivity index (χ4v) is 1.53. The monoisotopic (exact) mass is 283 g/mol. The quantitative estimate of drug-likeness (QED) is 0.936. The Morgan fingerprint density at radius 1 is 1.15 bits per heavy atom. The van der Waals surface area contributed by atoms with Crippen molar-refractivity contribution in [2.24, 2.45) is 0 Å². The van der Waals surface area contributed by atoms with Crippen molar-refractivity contribution < 1.29 is 17.9 Å². The van der Waals surface area contributed by atoms with Gasteiger partial charge in [0.05, 0.1) is 7.11 Å². The minimum absolute atomic E-state index is 0.0596. The third-order valence-corrected chi connectivity index (χ3v) is 2.56. The zero-order chi connectivity index (χ0) is 14.6. The maximum absolute atomic E-state index is 12.5. The number of nitrogens with zero attached hydrogens (tertiary/aromatic N) is 2. The first-order valence-electron chi connectivity index (χ1n) is 5.76. The van der Waals surface area contributed by atoms with Crippen molar-refractivity contribution in [3.05, 3.63) is 47.8 Å². The summed E-state index contributed by atoms with van der Waals surface area (Å²) in [7, 11) is 1.56. The van der Waals surface area contributed by atoms with E-state index in [0.717, 1.165) is 17.8 Å². The van der Waals surface area contributed by atoms with E-state index in [9.17, 15) is 13.2 Å². The Hall–Kier alpha value is -2.31. The van der Waals surface area contributed by atoms with Crippen molar-refractivity contribution in [1.29, 1.82) is 0 Å². The van der Waals surface area contributed by atoms with Crippen molar-refractivity contribution in [2.75, 3.05) is 12.4 Å². The van der Waals surface area contributed by atoms with Gasteiger partial charge in [-0.25, -0.2) is 9.97 Å². The van der Waals surface area contributed by atoms with Gasteiger partial charge in [-0.2, -0.15) is 13.2 Å². The second kappa shape index (κ2) is 5.77. The fourth-order valence-electron chi connectivity index (χ4n) is 1.53. The van der Waals surface area contributed by atoms with Crippen LogP contribution in [0.1, 0.15) is 11.3 Å². The Labute approximate surface area is 113 Å². The van der Waals surface area contributed by atoms with Crippen LogP contribution in [-0.4, -0.2) is 17.1 Å². The summed E-state index contributed by atoms with van der Waals surface area (Å²) >= 11 is 0. The van der Waals surface area contributed by atoms with Crippen molar-refractivity contribution in [1.82, 2.24) is 9.97 Å². The highest BCUT2D eigenvalue weighted by Crippen LogP contribution is 2.27. The molecule has 2 aromatic rings. The fraction of sp³-hybridized carbons (Fsp3) is 0.231. The van der Waals surface area contributed by atoms with Gasteiger partial charge >= 0.3 is 6.18 Å². The molecule has 0 aliphatic carbocycles. The van der Waals surface area contributed by atoms with Crippen LogP contribution in [0.15, 0.2) is 36.5 Å². The molecule has 20 heavy (non-hydrogen) atoms. The second-order valence-corrected chi connectivity index (χ2v) is 3.96. The topological polar surface area (TPSA) is 47.0 Å². The lowest BCUT2D eigenvalue weighted by Gasteiger charge is -2.09. The zero-order valence-corrected chi connectivity index (χ0v) is 10.6. The summed E-state index contributed by atoms with van der Waals surface area (Å²) in [5.74, 6) is 0.653. The molecule has 0 aliphatic rings. The zero-order valence-electron chi connectivity index (χ0n) is 10.6. The van der Waals surface area contributed by atoms with Crippen LogP contribution in [0.25, 0.3) is 0 Å². The Morgan fingerprint density at radius 2 is 1.85 bits per heavy atom. The summed E-state index contributed by atoms with van der Waals surface area (Å²) in [4.78, 5) is 7.18. The number of benzene rings is 1. The van der Waals surface area contributed by atoms with E-state index in [0.29, 0.717) is 12.3 Å². The van der Waals surface area contributed by atoms with Gasteiger partial charge in [-0.3, -0.25) is 0 Å². The summed E-state index contributed by atoms with van der Waals surface area (Å²) in [6.45, 7) is 0.325. The highest BCUT2D eigenvalue weighted by atomic mass is 19.4. The van der Waals surface area contributed by atoms with E-state index in [1.807, 2.05) is 0 Å². The van der Waals surface area contributed by atoms with Gasteiger partial charge in [0.15, 0.2) is 0 Å². The van der Waals surface area contributed by atoms with Gasteiger partial charge in [-0.05, 0) is 23.8 Å². The molecule has 1 N–H and O–H groups in total. The van der Waals surface area contributed by atoms with Gasteiger partial charge in [0.2, 0.25) is 5.95 Å². The van der Waals surface area contributed by atoms with Crippen molar-refractivity contribution in [2.45, 2.75) is 12.7 Å². The van der Waals surface area contributed by atoms with Crippen LogP contribution < -0.4 is 10.1 Å². The lowest BCUT2D eigenvalue weighted by molar-refractivity contribution is -0.141. The number of hydrogen-bond acceptors (Lipinski definition) is 4. The SMILES string of the molecule is COc1ccc(CNc2nccc(C(F)(F)F)n2)cc1. The van der Waals surface area contributed by atoms with Gasteiger partial charge in [0, 0.05) is 12.7 Å². The summed E-state index contributed by atoms with van der Waals surface area (Å²) in [5.41, 5.74) is -0.0865. The summed E-state index contributed by atoms with van der Waals surface area (Å²) in [6, 6.07) is 7.98. The van der Waals surface area contributed by atoms with Gasteiger partial charge in [-0.15, -0.1) is 0 Å². The van der Waals surface area contributed by atoms with Crippen LogP contribution in [0, 0.1) is 0 Å². The molecule has 1 aromatic carbocycles. The molecule has 0 atom stereocenters. The van der Waals surface area contributed by atoms with Gasteiger partial charge < -0.3 is 10.1 Å². The molecular weight excluding hydrogens is 271 g/mol. The molecule has 0 unspecified atom stereocenters. The van der Waals surface area contributed by atoms with E-state index in [-0.39, 0.29) is 5.95 Å². The molecule has 7 heteroatoms. The van der Waals surface area contributed by atoms with Crippen molar-refractivity contribution in [3.8, 4) is 5.75 Å². The number of ether oxygens (including phenoxy) is 1. The van der Waals surface area contributed by atoms with Crippen LogP contribution in [0.3, 0.4) is 0 Å². The maximum atomic E-state index is 12.5. The molecule has 0 fully saturated rings. The number of nitrogens with one attached hydrogen (secondary N) is 1. The van der Waals surface area contributed by atoms with E-state index in [1.165, 1.54) is 0 Å². The molecule has 0 saturated carbocycles. The molecule has 2 rings (SSSR count). The summed E-state index contributed by atoms with van der Waals surface area (Å²) < 4.78 is 42.5. The van der Waals surface area contributed by atoms with Crippen molar-refractivity contribution >= 4 is 5.95 Å². The first kappa shape index (κ1) is 14.1. The van der Waals surface area contributed by atoms with Crippen LogP contribution in [0.5, 0.6) is 5.75 Å². The maximum Gasteiger partial charge on any atom is 0.433 e. The lowest BCUT2D eigenvalue weighted by atomic mass is 10.2. The minimum atomic E-state index is -4.47. The first-order valence-corrected chi connectivity index (χ1v) is 5.76. The molecule has 0 saturated heterocycles. The van der Waals surface area contributed by atoms with Crippen LogP contribution >= 0.6 is 0 Å². The number of methoxy groups -OCH3 is 1. The smallest absolute Gasteiger partial charge is 0.433 e. The number of alkyl halides is 3. The van der Waals surface area contributed by atoms with Gasteiger partial charge in [-0.1, -0.05) is 12.1 Å². The third-order valence-electron chi connectivity index (χ3n) is 2.56. The predicted molar refractivity (Wildman–Crippen MR) is 67.4 cm³/mol. The van der Waals surface area contributed by atoms with Crippen LogP contribution in [-0.2, 0) is 12.7 Å². The molecule has 4 nitrogen and oxygen atoms in total. The average molecular weight is 283 g/mol. The number of halogens is 3. The highest BCUT2D eigenvalue weighted by molar-refractivity contribution is 5.32. The predicted octanol–water partition coefficient (Wildman–Crippen LogP) is 3.12. The molecular formula is C13H12F3N3O. The normalized spacial score (nSPS) is 11.2. The Kier molecular flexibility index (Phi) is 4.07. The standard InChI is InChI=1S/C13H12F3N3O/c1-20-10-4-2-9(3-5-10)8-18-12-17-7-6-11(19-12)13(14,15)16/h2-7H,8H2,1H3,(H,17,18,19). The average Bonchev–Trinajstić information content (AvgIpc) is 2.45. The van der Waals surface area contributed by atoms with E-state index in [4.69, 9.17) is 4.74 Å². The lowest BCUT2D eigenvalue weighted by Crippen LogP contribution is -2.11. The number of aromatic nitrogens is 2. The summed E-state index contributed by atoms with van der Waals surface area (Å²) in [6.07, 6.45) is -3.40. The Balaban J connectivity index is 2.03. The van der Waals surface area contributed by atoms with Crippen LogP contribution in [0.2, 0.25) is 0 Å². The molecule has 0 amide bonds. The molecule has 0 radical (unpaired) electrons. The molecule has 1 heterocycles. The van der Waals surface area contributed by atoms with E-state index in [2.05, 4.69) is 15.3 Å². The van der Waals surface area contributed by atoms with Crippen molar-refractivity contribution in [3.63, 3.8) is 0 Å². The highest BCUT2D eigenvalue weighted by Gasteiger charge is 2.32. The molecule has 0 aliphatic heterocycles. The van der Waals surface area contributed by atoms with Gasteiger partial charge in [0.25, 0.3) is 0 Å². The number of rotatable bonds is 4. The van der Waals surface area contributed by atoms with Crippen LogP contribution in [0.4, 0.5) is 19.1 Å². The molecule has 0 bridgehead atoms. The Bertz CT molecular complexity index is 570. The third kappa shape index (κ3) is 3.59. The molecule has 106 valence electrons. The van der Waals surface area contributed by atoms with E-state index >= 15 is 0 Å². The first-order chi connectivity index (χ1) is 9.49. The summed E-state index contributed by atoms with van der Waals surface area (Å²) in [5, 5.41) is 2.75. The molecule has 0 spiro atoms. The molecule has 1 aromatic heterocycles. The second-order valence-electron chi connectivity index (χ2n) is 3.96. The van der Waals surface area contributed by atoms with Gasteiger partial charge in [0.1, 0.15) is 11.4 Å². The number of anilines is 1.